The monoisotopic (exact) mass is 628 g/mol. The van der Waals surface area contributed by atoms with Crippen LogP contribution in [0, 0.1) is 5.41 Å². The van der Waals surface area contributed by atoms with Gasteiger partial charge in [-0.2, -0.15) is 31.3 Å². The van der Waals surface area contributed by atoms with Crippen LogP contribution in [0.2, 0.25) is 0 Å². The first-order chi connectivity index (χ1) is 18.5. The number of anilines is 1. The minimum absolute atomic E-state index is 0. The number of hydrogen-bond acceptors (Lipinski definition) is 8. The molecule has 8 nitrogen and oxygen atoms in total. The van der Waals surface area contributed by atoms with Crippen LogP contribution in [-0.4, -0.2) is 60.9 Å². The SMILES string of the molecule is CN.N=Cc1cc(/C=C2\SC(N3CCNCC3)=NC2=O)ccc1NCc1ccc(C(F)(F)F)cc1C(F)(F)F.[K+].[OH-]. The van der Waals surface area contributed by atoms with Crippen LogP contribution in [0.15, 0.2) is 46.3 Å². The maximum Gasteiger partial charge on any atom is 1.00 e. The predicted molar refractivity (Wildman–Crippen MR) is 143 cm³/mol. The summed E-state index contributed by atoms with van der Waals surface area (Å²) in [6.45, 7) is 2.64. The Hall–Kier alpha value is -1.76. The molecule has 16 heteroatoms. The summed E-state index contributed by atoms with van der Waals surface area (Å²) < 4.78 is 79.0. The van der Waals surface area contributed by atoms with Gasteiger partial charge in [-0.3, -0.25) is 4.79 Å². The Kier molecular flexibility index (Phi) is 14.7. The number of alkyl halides is 6. The molecule has 1 saturated heterocycles. The molecule has 4 rings (SSSR count). The zero-order chi connectivity index (χ0) is 28.8. The van der Waals surface area contributed by atoms with Gasteiger partial charge in [-0.15, -0.1) is 0 Å². The van der Waals surface area contributed by atoms with Crippen molar-refractivity contribution in [3.8, 4) is 0 Å². The van der Waals surface area contributed by atoms with Gasteiger partial charge in [0.2, 0.25) is 0 Å². The van der Waals surface area contributed by atoms with Crippen LogP contribution in [0.5, 0.6) is 0 Å². The van der Waals surface area contributed by atoms with Crippen molar-refractivity contribution in [1.29, 1.82) is 5.41 Å². The van der Waals surface area contributed by atoms with Gasteiger partial charge in [-0.25, -0.2) is 0 Å². The van der Waals surface area contributed by atoms with Crippen molar-refractivity contribution in [3.63, 3.8) is 0 Å². The fourth-order valence-corrected chi connectivity index (χ4v) is 4.82. The molecule has 0 aliphatic carbocycles. The molecule has 2 aliphatic rings. The molecule has 0 aromatic heterocycles. The van der Waals surface area contributed by atoms with Crippen LogP contribution in [0.1, 0.15) is 27.8 Å². The molecule has 2 aromatic rings. The second-order valence-electron chi connectivity index (χ2n) is 8.26. The van der Waals surface area contributed by atoms with Gasteiger partial charge in [0.25, 0.3) is 5.91 Å². The molecule has 0 radical (unpaired) electrons. The topological polar surface area (TPSA) is 137 Å². The number of halogens is 6. The number of benzene rings is 2. The third-order valence-corrected chi connectivity index (χ3v) is 6.78. The van der Waals surface area contributed by atoms with Gasteiger partial charge in [0, 0.05) is 50.2 Å². The second kappa shape index (κ2) is 16.2. The van der Waals surface area contributed by atoms with E-state index in [1.165, 1.54) is 24.9 Å². The van der Waals surface area contributed by atoms with Crippen LogP contribution in [0.4, 0.5) is 32.0 Å². The molecule has 0 atom stereocenters. The number of carbonyl (C=O) groups is 1. The molecule has 1 fully saturated rings. The van der Waals surface area contributed by atoms with Gasteiger partial charge >= 0.3 is 63.7 Å². The van der Waals surface area contributed by atoms with Gasteiger partial charge in [0.1, 0.15) is 0 Å². The van der Waals surface area contributed by atoms with E-state index in [0.717, 1.165) is 38.5 Å². The van der Waals surface area contributed by atoms with E-state index in [0.29, 0.717) is 33.0 Å². The third-order valence-electron chi connectivity index (χ3n) is 5.74. The van der Waals surface area contributed by atoms with Gasteiger partial charge in [0.15, 0.2) is 5.17 Å². The summed E-state index contributed by atoms with van der Waals surface area (Å²) in [4.78, 5) is 18.9. The first kappa shape index (κ1) is 37.3. The Labute approximate surface area is 279 Å². The molecular formula is C25H27F6KN6O2S. The van der Waals surface area contributed by atoms with E-state index < -0.39 is 30.0 Å². The van der Waals surface area contributed by atoms with Gasteiger partial charge < -0.3 is 32.2 Å². The number of amides is 1. The number of piperazine rings is 1. The van der Waals surface area contributed by atoms with Crippen LogP contribution < -0.4 is 67.8 Å². The minimum Gasteiger partial charge on any atom is -0.870 e. The molecule has 0 spiro atoms. The normalized spacial score (nSPS) is 16.2. The fraction of sp³-hybridized carbons (Fsp3) is 0.320. The first-order valence-electron chi connectivity index (χ1n) is 11.7. The Morgan fingerprint density at radius 1 is 1.07 bits per heavy atom. The molecule has 218 valence electrons. The maximum atomic E-state index is 13.4. The van der Waals surface area contributed by atoms with Crippen LogP contribution in [0.25, 0.3) is 6.08 Å². The number of aliphatic imine (C=N–C) groups is 1. The summed E-state index contributed by atoms with van der Waals surface area (Å²) in [5.41, 5.74) is 2.59. The van der Waals surface area contributed by atoms with Crippen molar-refractivity contribution in [1.82, 2.24) is 10.2 Å². The second-order valence-corrected chi connectivity index (χ2v) is 9.27. The van der Waals surface area contributed by atoms with Crippen LogP contribution >= 0.6 is 11.8 Å². The fourth-order valence-electron chi connectivity index (χ4n) is 3.85. The summed E-state index contributed by atoms with van der Waals surface area (Å²) in [5, 5.41) is 14.3. The molecular weight excluding hydrogens is 601 g/mol. The molecule has 2 aliphatic heterocycles. The number of nitrogens with zero attached hydrogens (tertiary/aromatic N) is 2. The van der Waals surface area contributed by atoms with Crippen LogP contribution in [0.3, 0.4) is 0 Å². The van der Waals surface area contributed by atoms with E-state index in [1.807, 2.05) is 4.90 Å². The summed E-state index contributed by atoms with van der Waals surface area (Å²) in [5.74, 6) is -0.376. The molecule has 6 N–H and O–H groups in total. The summed E-state index contributed by atoms with van der Waals surface area (Å²) in [6.07, 6.45) is -7.26. The van der Waals surface area contributed by atoms with E-state index in [-0.39, 0.29) is 74.4 Å². The van der Waals surface area contributed by atoms with Crippen molar-refractivity contribution in [2.45, 2.75) is 18.9 Å². The maximum absolute atomic E-state index is 13.4. The van der Waals surface area contributed by atoms with Crippen molar-refractivity contribution in [2.75, 3.05) is 38.5 Å². The number of nitrogens with one attached hydrogen (secondary N) is 3. The van der Waals surface area contributed by atoms with Crippen molar-refractivity contribution < 1.29 is 88.0 Å². The number of carbonyl (C=O) groups excluding carboxylic acids is 1. The summed E-state index contributed by atoms with van der Waals surface area (Å²) in [6, 6.07) is 6.22. The predicted octanol–water partition coefficient (Wildman–Crippen LogP) is 1.61. The number of hydrogen-bond donors (Lipinski definition) is 4. The van der Waals surface area contributed by atoms with Gasteiger partial charge in [-0.05, 0) is 60.3 Å². The zero-order valence-electron chi connectivity index (χ0n) is 22.2. The number of thioether (sulfide) groups is 1. The smallest absolute Gasteiger partial charge is 0.870 e. The van der Waals surface area contributed by atoms with Crippen molar-refractivity contribution >= 4 is 40.8 Å². The van der Waals surface area contributed by atoms with E-state index in [1.54, 1.807) is 18.2 Å². The van der Waals surface area contributed by atoms with Crippen molar-refractivity contribution in [2.24, 2.45) is 10.7 Å². The Balaban J connectivity index is 0.00000206. The standard InChI is InChI=1S/C24H21F6N5OS.CH5N.K.H2O/c25-23(26,27)17-3-2-15(18(11-17)24(28,29)30)13-33-19-4-1-14(9-16(19)12-31)10-20-21(36)34-22(37-20)35-7-5-32-6-8-35;1-2;;/h1-4,9-12,31-33H,5-8,13H2;2H2,1H3;;1H2/q;;+1;/p-1/b20-10-,31-12?;;;. The molecule has 0 saturated carbocycles. The van der Waals surface area contributed by atoms with Crippen molar-refractivity contribution in [3.05, 3.63) is 69.1 Å². The third kappa shape index (κ3) is 9.89. The zero-order valence-corrected chi connectivity index (χ0v) is 26.1. The van der Waals surface area contributed by atoms with Gasteiger partial charge in [-0.1, -0.05) is 12.1 Å². The quantitative estimate of drug-likeness (QED) is 0.171. The average molecular weight is 629 g/mol. The molecule has 41 heavy (non-hydrogen) atoms. The molecule has 2 heterocycles. The molecule has 0 bridgehead atoms. The van der Waals surface area contributed by atoms with E-state index >= 15 is 0 Å². The van der Waals surface area contributed by atoms with E-state index in [9.17, 15) is 31.1 Å². The largest absolute Gasteiger partial charge is 1.00 e. The van der Waals surface area contributed by atoms with E-state index in [4.69, 9.17) is 5.41 Å². The molecule has 1 amide bonds. The first-order valence-corrected chi connectivity index (χ1v) is 12.5. The van der Waals surface area contributed by atoms with E-state index in [2.05, 4.69) is 21.4 Å². The number of amidine groups is 1. The Morgan fingerprint density at radius 2 is 1.73 bits per heavy atom. The van der Waals surface area contributed by atoms with Crippen LogP contribution in [-0.2, 0) is 23.7 Å². The molecule has 2 aromatic carbocycles. The number of rotatable bonds is 5. The summed E-state index contributed by atoms with van der Waals surface area (Å²) >= 11 is 1.25. The Bertz CT molecular complexity index is 1280. The Morgan fingerprint density at radius 3 is 2.32 bits per heavy atom. The average Bonchev–Trinajstić information content (AvgIpc) is 3.28. The minimum atomic E-state index is -4.98. The number of nitrogens with two attached hydrogens (primary N) is 1. The summed E-state index contributed by atoms with van der Waals surface area (Å²) in [7, 11) is 1.50. The molecule has 0 unspecified atom stereocenters. The van der Waals surface area contributed by atoms with Gasteiger partial charge in [0.05, 0.1) is 16.0 Å².